The number of hydrogen-bond acceptors (Lipinski definition) is 4. The van der Waals surface area contributed by atoms with Gasteiger partial charge in [0.15, 0.2) is 0 Å². The van der Waals surface area contributed by atoms with Crippen molar-refractivity contribution in [2.24, 2.45) is 0 Å². The monoisotopic (exact) mass is 487 g/mol. The smallest absolute Gasteiger partial charge is 0.244 e. The average molecular weight is 488 g/mol. The highest BCUT2D eigenvalue weighted by Gasteiger charge is 2.32. The second-order valence-corrected chi connectivity index (χ2v) is 10.8. The number of carbonyl (C=O) groups excluding carboxylic acids is 2. The van der Waals surface area contributed by atoms with E-state index in [1.165, 1.54) is 4.90 Å². The minimum atomic E-state index is -3.75. The summed E-state index contributed by atoms with van der Waals surface area (Å²) in [5.74, 6) is -0.647. The van der Waals surface area contributed by atoms with Crippen molar-refractivity contribution < 1.29 is 18.0 Å². The van der Waals surface area contributed by atoms with Gasteiger partial charge < -0.3 is 10.2 Å². The number of carbonyl (C=O) groups is 2. The Morgan fingerprint density at radius 3 is 2.06 bits per heavy atom. The number of sulfonamides is 1. The fourth-order valence-corrected chi connectivity index (χ4v) is 5.02. The van der Waals surface area contributed by atoms with Gasteiger partial charge in [0.05, 0.1) is 11.9 Å². The van der Waals surface area contributed by atoms with E-state index in [0.717, 1.165) is 27.3 Å². The van der Waals surface area contributed by atoms with Crippen molar-refractivity contribution >= 4 is 27.5 Å². The van der Waals surface area contributed by atoms with Crippen LogP contribution in [-0.4, -0.2) is 56.6 Å². The number of amides is 2. The molecule has 0 aromatic heterocycles. The van der Waals surface area contributed by atoms with Crippen molar-refractivity contribution in [1.29, 1.82) is 0 Å². The van der Waals surface area contributed by atoms with Crippen LogP contribution < -0.4 is 9.62 Å². The van der Waals surface area contributed by atoms with Crippen LogP contribution in [0.5, 0.6) is 0 Å². The van der Waals surface area contributed by atoms with Gasteiger partial charge in [0, 0.05) is 12.6 Å². The Bertz CT molecular complexity index is 1060. The molecule has 0 saturated heterocycles. The molecule has 0 bridgehead atoms. The molecule has 7 nitrogen and oxygen atoms in total. The van der Waals surface area contributed by atoms with Crippen molar-refractivity contribution in [1.82, 2.24) is 10.2 Å². The van der Waals surface area contributed by atoms with E-state index in [0.29, 0.717) is 25.1 Å². The third-order valence-electron chi connectivity index (χ3n) is 5.67. The number of rotatable bonds is 11. The highest BCUT2D eigenvalue weighted by molar-refractivity contribution is 7.92. The zero-order valence-corrected chi connectivity index (χ0v) is 21.9. The van der Waals surface area contributed by atoms with E-state index in [-0.39, 0.29) is 18.5 Å². The lowest BCUT2D eigenvalue weighted by Crippen LogP contribution is -2.54. The predicted molar refractivity (Wildman–Crippen MR) is 137 cm³/mol. The normalized spacial score (nSPS) is 12.3. The number of aryl methyl sites for hydroxylation is 2. The van der Waals surface area contributed by atoms with Gasteiger partial charge in [-0.25, -0.2) is 8.42 Å². The summed E-state index contributed by atoms with van der Waals surface area (Å²) in [6.45, 7) is 9.17. The second-order valence-electron chi connectivity index (χ2n) is 8.92. The van der Waals surface area contributed by atoms with Gasteiger partial charge in [0.2, 0.25) is 21.8 Å². The quantitative estimate of drug-likeness (QED) is 0.526. The molecule has 0 aliphatic carbocycles. The van der Waals surface area contributed by atoms with Crippen LogP contribution in [0.4, 0.5) is 5.69 Å². The molecule has 2 rings (SSSR count). The number of benzene rings is 2. The minimum absolute atomic E-state index is 0.0743. The SMILES string of the molecule is CC[C@H](C(=O)NC(C)C)N(CCc1ccccc1)C(=O)CN(c1c(C)cccc1C)S(C)(=O)=O. The summed E-state index contributed by atoms with van der Waals surface area (Å²) in [4.78, 5) is 28.1. The predicted octanol–water partition coefficient (Wildman–Crippen LogP) is 3.44. The van der Waals surface area contributed by atoms with Crippen LogP contribution >= 0.6 is 0 Å². The zero-order chi connectivity index (χ0) is 25.5. The second kappa shape index (κ2) is 12.0. The molecule has 8 heteroatoms. The molecule has 186 valence electrons. The molecule has 2 amide bonds. The molecule has 2 aromatic rings. The molecule has 1 N–H and O–H groups in total. The van der Waals surface area contributed by atoms with Gasteiger partial charge in [-0.1, -0.05) is 55.5 Å². The van der Waals surface area contributed by atoms with E-state index < -0.39 is 22.0 Å². The van der Waals surface area contributed by atoms with Crippen LogP contribution in [-0.2, 0) is 26.0 Å². The minimum Gasteiger partial charge on any atom is -0.352 e. The lowest BCUT2D eigenvalue weighted by molar-refractivity contribution is -0.139. The Morgan fingerprint density at radius 2 is 1.56 bits per heavy atom. The standard InChI is InChI=1S/C26H37N3O4S/c1-7-23(26(31)27-19(2)3)28(17-16-22-14-9-8-10-15-22)24(30)18-29(34(6,32)33)25-20(4)12-11-13-21(25)5/h8-15,19,23H,7,16-18H2,1-6H3,(H,27,31)/t23-/m1/s1. The molecule has 34 heavy (non-hydrogen) atoms. The molecule has 0 saturated carbocycles. The molecule has 1 atom stereocenters. The van der Waals surface area contributed by atoms with E-state index in [1.807, 2.05) is 83.1 Å². The van der Waals surface area contributed by atoms with Crippen molar-refractivity contribution in [3.8, 4) is 0 Å². The van der Waals surface area contributed by atoms with Gasteiger partial charge >= 0.3 is 0 Å². The molecule has 0 heterocycles. The molecular weight excluding hydrogens is 450 g/mol. The Balaban J connectivity index is 2.42. The Hall–Kier alpha value is -2.87. The van der Waals surface area contributed by atoms with Crippen molar-refractivity contribution in [2.75, 3.05) is 23.7 Å². The fraction of sp³-hybridized carbons (Fsp3) is 0.462. The number of nitrogens with one attached hydrogen (secondary N) is 1. The van der Waals surface area contributed by atoms with Gasteiger partial charge in [0.1, 0.15) is 12.6 Å². The first-order valence-corrected chi connectivity index (χ1v) is 13.5. The summed E-state index contributed by atoms with van der Waals surface area (Å²) >= 11 is 0. The molecule has 0 fully saturated rings. The molecule has 0 aliphatic rings. The molecule has 0 radical (unpaired) electrons. The first-order chi connectivity index (χ1) is 16.0. The number of anilines is 1. The molecule has 0 unspecified atom stereocenters. The molecule has 2 aromatic carbocycles. The summed E-state index contributed by atoms with van der Waals surface area (Å²) in [5.41, 5.74) is 3.06. The van der Waals surface area contributed by atoms with Crippen molar-refractivity contribution in [3.63, 3.8) is 0 Å². The van der Waals surface area contributed by atoms with Gasteiger partial charge in [-0.05, 0) is 57.2 Å². The maximum atomic E-state index is 13.6. The van der Waals surface area contributed by atoms with Crippen molar-refractivity contribution in [2.45, 2.75) is 59.5 Å². The summed E-state index contributed by atoms with van der Waals surface area (Å²) in [7, 11) is -3.75. The van der Waals surface area contributed by atoms with E-state index in [2.05, 4.69) is 5.32 Å². The van der Waals surface area contributed by atoms with Crippen LogP contribution in [0.1, 0.15) is 43.9 Å². The maximum absolute atomic E-state index is 13.6. The Labute approximate surface area is 204 Å². The van der Waals surface area contributed by atoms with Crippen LogP contribution in [0.25, 0.3) is 0 Å². The lowest BCUT2D eigenvalue weighted by Gasteiger charge is -2.33. The lowest BCUT2D eigenvalue weighted by atomic mass is 10.1. The summed E-state index contributed by atoms with van der Waals surface area (Å²) in [6, 6.07) is 14.4. The van der Waals surface area contributed by atoms with Crippen LogP contribution in [0.2, 0.25) is 0 Å². The van der Waals surface area contributed by atoms with Gasteiger partial charge in [-0.3, -0.25) is 13.9 Å². The largest absolute Gasteiger partial charge is 0.352 e. The fourth-order valence-electron chi connectivity index (χ4n) is 4.05. The van der Waals surface area contributed by atoms with Gasteiger partial charge in [0.25, 0.3) is 0 Å². The third-order valence-corrected chi connectivity index (χ3v) is 6.78. The van der Waals surface area contributed by atoms with E-state index in [1.54, 1.807) is 0 Å². The summed E-state index contributed by atoms with van der Waals surface area (Å²) in [5, 5.41) is 2.90. The van der Waals surface area contributed by atoms with Crippen LogP contribution in [0.15, 0.2) is 48.5 Å². The van der Waals surface area contributed by atoms with E-state index in [9.17, 15) is 18.0 Å². The van der Waals surface area contributed by atoms with Crippen LogP contribution in [0, 0.1) is 13.8 Å². The first-order valence-electron chi connectivity index (χ1n) is 11.6. The molecular formula is C26H37N3O4S. The molecule has 0 aliphatic heterocycles. The van der Waals surface area contributed by atoms with E-state index in [4.69, 9.17) is 0 Å². The maximum Gasteiger partial charge on any atom is 0.244 e. The Morgan fingerprint density at radius 1 is 0.971 bits per heavy atom. The highest BCUT2D eigenvalue weighted by Crippen LogP contribution is 2.27. The number of para-hydroxylation sites is 1. The number of nitrogens with zero attached hydrogens (tertiary/aromatic N) is 2. The third kappa shape index (κ3) is 7.32. The van der Waals surface area contributed by atoms with Crippen LogP contribution in [0.3, 0.4) is 0 Å². The van der Waals surface area contributed by atoms with Crippen molar-refractivity contribution in [3.05, 3.63) is 65.2 Å². The zero-order valence-electron chi connectivity index (χ0n) is 21.0. The summed E-state index contributed by atoms with van der Waals surface area (Å²) in [6.07, 6.45) is 2.07. The first kappa shape index (κ1) is 27.4. The number of hydrogen-bond donors (Lipinski definition) is 1. The van der Waals surface area contributed by atoms with Gasteiger partial charge in [-0.2, -0.15) is 0 Å². The Kier molecular flexibility index (Phi) is 9.67. The summed E-state index contributed by atoms with van der Waals surface area (Å²) < 4.78 is 26.7. The van der Waals surface area contributed by atoms with E-state index >= 15 is 0 Å². The van der Waals surface area contributed by atoms with Gasteiger partial charge in [-0.15, -0.1) is 0 Å². The molecule has 0 spiro atoms. The average Bonchev–Trinajstić information content (AvgIpc) is 2.75. The topological polar surface area (TPSA) is 86.8 Å². The highest BCUT2D eigenvalue weighted by atomic mass is 32.2.